The van der Waals surface area contributed by atoms with Gasteiger partial charge in [-0.15, -0.1) is 0 Å². The molecule has 2 saturated heterocycles. The van der Waals surface area contributed by atoms with Gasteiger partial charge in [-0.25, -0.2) is 4.90 Å². The Bertz CT molecular complexity index is 1480. The SMILES string of the molecule is O=C(C1=C[C@@H]2[C@H]3C(=O)N(c4ccccc4)C(=O)[C@@H]3[C@H](C(=O)c3ccc(Cl)cc3)N2C=C1)c1ccccc1. The fraction of sp³-hybridized carbons (Fsp3) is 0.133. The van der Waals surface area contributed by atoms with Gasteiger partial charge in [0.1, 0.15) is 6.04 Å². The van der Waals surface area contributed by atoms with Gasteiger partial charge in [-0.2, -0.15) is 0 Å². The smallest absolute Gasteiger partial charge is 0.240 e. The molecule has 6 rings (SSSR count). The number of anilines is 1. The fourth-order valence-corrected chi connectivity index (χ4v) is 5.70. The van der Waals surface area contributed by atoms with Crippen LogP contribution in [0.2, 0.25) is 5.02 Å². The first kappa shape index (κ1) is 23.1. The van der Waals surface area contributed by atoms with E-state index in [0.717, 1.165) is 0 Å². The van der Waals surface area contributed by atoms with Gasteiger partial charge in [0.15, 0.2) is 11.6 Å². The lowest BCUT2D eigenvalue weighted by atomic mass is 9.85. The van der Waals surface area contributed by atoms with Crippen LogP contribution in [-0.2, 0) is 9.59 Å². The quantitative estimate of drug-likeness (QED) is 0.368. The number of rotatable bonds is 5. The Balaban J connectivity index is 1.43. The van der Waals surface area contributed by atoms with Crippen LogP contribution in [0, 0.1) is 11.8 Å². The zero-order chi connectivity index (χ0) is 25.7. The molecule has 182 valence electrons. The minimum atomic E-state index is -0.901. The summed E-state index contributed by atoms with van der Waals surface area (Å²) in [6.07, 6.45) is 5.05. The summed E-state index contributed by atoms with van der Waals surface area (Å²) in [6, 6.07) is 22.6. The monoisotopic (exact) mass is 508 g/mol. The first-order valence-corrected chi connectivity index (χ1v) is 12.3. The first-order valence-electron chi connectivity index (χ1n) is 12.0. The topological polar surface area (TPSA) is 74.8 Å². The van der Waals surface area contributed by atoms with Crippen LogP contribution in [0.4, 0.5) is 5.69 Å². The molecule has 3 aliphatic heterocycles. The number of fused-ring (bicyclic) bond motifs is 3. The largest absolute Gasteiger partial charge is 0.359 e. The van der Waals surface area contributed by atoms with Gasteiger partial charge in [0.25, 0.3) is 0 Å². The summed E-state index contributed by atoms with van der Waals surface area (Å²) in [4.78, 5) is 57.5. The molecule has 2 fully saturated rings. The third kappa shape index (κ3) is 3.72. The molecule has 0 unspecified atom stereocenters. The average Bonchev–Trinajstić information content (AvgIpc) is 3.40. The Morgan fingerprint density at radius 3 is 2.03 bits per heavy atom. The number of hydrogen-bond donors (Lipinski definition) is 0. The molecular formula is C30H21ClN2O4. The predicted octanol–water partition coefficient (Wildman–Crippen LogP) is 4.72. The molecule has 3 heterocycles. The highest BCUT2D eigenvalue weighted by Gasteiger charge is 2.63. The number of benzene rings is 3. The van der Waals surface area contributed by atoms with Gasteiger partial charge in [0.2, 0.25) is 11.8 Å². The lowest BCUT2D eigenvalue weighted by Crippen LogP contribution is -2.46. The summed E-state index contributed by atoms with van der Waals surface area (Å²) in [5.41, 5.74) is 1.81. The summed E-state index contributed by atoms with van der Waals surface area (Å²) in [7, 11) is 0. The highest BCUT2D eigenvalue weighted by Crippen LogP contribution is 2.47. The van der Waals surface area contributed by atoms with E-state index in [9.17, 15) is 19.2 Å². The van der Waals surface area contributed by atoms with Gasteiger partial charge in [-0.1, -0.05) is 66.2 Å². The molecule has 3 aliphatic rings. The van der Waals surface area contributed by atoms with Crippen molar-refractivity contribution in [3.05, 3.63) is 125 Å². The number of ketones is 2. The number of Topliss-reactive ketones (excluding diaryl/α,β-unsaturated/α-hetero) is 2. The average molecular weight is 509 g/mol. The van der Waals surface area contributed by atoms with Crippen molar-refractivity contribution in [2.24, 2.45) is 11.8 Å². The third-order valence-corrected chi connectivity index (χ3v) is 7.51. The fourth-order valence-electron chi connectivity index (χ4n) is 5.57. The Kier molecular flexibility index (Phi) is 5.61. The van der Waals surface area contributed by atoms with Crippen molar-refractivity contribution < 1.29 is 19.2 Å². The van der Waals surface area contributed by atoms with Crippen molar-refractivity contribution in [2.45, 2.75) is 12.1 Å². The lowest BCUT2D eigenvalue weighted by Gasteiger charge is -2.32. The van der Waals surface area contributed by atoms with Crippen LogP contribution in [0.15, 0.2) is 109 Å². The minimum Gasteiger partial charge on any atom is -0.359 e. The van der Waals surface area contributed by atoms with Crippen LogP contribution in [0.1, 0.15) is 20.7 Å². The van der Waals surface area contributed by atoms with Crippen LogP contribution >= 0.6 is 11.6 Å². The lowest BCUT2D eigenvalue weighted by molar-refractivity contribution is -0.123. The third-order valence-electron chi connectivity index (χ3n) is 7.26. The van der Waals surface area contributed by atoms with Crippen molar-refractivity contribution in [3.8, 4) is 0 Å². The van der Waals surface area contributed by atoms with E-state index in [2.05, 4.69) is 0 Å². The molecule has 0 bridgehead atoms. The number of halogens is 1. The number of imide groups is 1. The minimum absolute atomic E-state index is 0.183. The highest BCUT2D eigenvalue weighted by atomic mass is 35.5. The van der Waals surface area contributed by atoms with Crippen molar-refractivity contribution >= 4 is 40.7 Å². The van der Waals surface area contributed by atoms with Crippen LogP contribution in [0.5, 0.6) is 0 Å². The Morgan fingerprint density at radius 2 is 1.35 bits per heavy atom. The first-order chi connectivity index (χ1) is 18.0. The van der Waals surface area contributed by atoms with E-state index in [-0.39, 0.29) is 17.5 Å². The molecule has 3 aromatic carbocycles. The molecule has 3 aromatic rings. The maximum absolute atomic E-state index is 13.8. The molecule has 2 amide bonds. The molecule has 37 heavy (non-hydrogen) atoms. The van der Waals surface area contributed by atoms with Crippen LogP contribution < -0.4 is 4.90 Å². The molecule has 0 saturated carbocycles. The molecule has 6 nitrogen and oxygen atoms in total. The zero-order valence-corrected chi connectivity index (χ0v) is 20.3. The summed E-state index contributed by atoms with van der Waals surface area (Å²) >= 11 is 6.02. The van der Waals surface area contributed by atoms with E-state index in [1.807, 2.05) is 6.07 Å². The summed E-state index contributed by atoms with van der Waals surface area (Å²) in [5.74, 6) is -2.95. The van der Waals surface area contributed by atoms with Crippen molar-refractivity contribution in [2.75, 3.05) is 4.90 Å². The summed E-state index contributed by atoms with van der Waals surface area (Å²) < 4.78 is 0. The van der Waals surface area contributed by atoms with Crippen molar-refractivity contribution in [1.29, 1.82) is 0 Å². The summed E-state index contributed by atoms with van der Waals surface area (Å²) in [5, 5.41) is 0.492. The van der Waals surface area contributed by atoms with E-state index >= 15 is 0 Å². The molecule has 0 aromatic heterocycles. The Morgan fingerprint density at radius 1 is 0.730 bits per heavy atom. The van der Waals surface area contributed by atoms with Gasteiger partial charge in [-0.3, -0.25) is 19.2 Å². The summed E-state index contributed by atoms with van der Waals surface area (Å²) in [6.45, 7) is 0. The second-order valence-corrected chi connectivity index (χ2v) is 9.72. The van der Waals surface area contributed by atoms with Gasteiger partial charge in [0, 0.05) is 27.9 Å². The van der Waals surface area contributed by atoms with E-state index in [4.69, 9.17) is 11.6 Å². The van der Waals surface area contributed by atoms with Gasteiger partial charge < -0.3 is 4.90 Å². The van der Waals surface area contributed by atoms with Crippen molar-refractivity contribution in [3.63, 3.8) is 0 Å². The standard InChI is InChI=1S/C30H21ClN2O4/c31-21-13-11-19(12-14-21)28(35)26-25-24(29(36)33(30(25)37)22-9-5-2-6-10-22)23-17-20(15-16-32(23)26)27(34)18-7-3-1-4-8-18/h1-17,23-26H/t23-,24-,25+,26-/m1/s1. The van der Waals surface area contributed by atoms with E-state index < -0.39 is 29.8 Å². The number of amides is 2. The zero-order valence-electron chi connectivity index (χ0n) is 19.5. The van der Waals surface area contributed by atoms with E-state index in [1.54, 1.807) is 102 Å². The number of carbonyl (C=O) groups is 4. The van der Waals surface area contributed by atoms with Crippen LogP contribution in [-0.4, -0.2) is 40.4 Å². The maximum Gasteiger partial charge on any atom is 0.240 e. The van der Waals surface area contributed by atoms with E-state index in [0.29, 0.717) is 27.4 Å². The van der Waals surface area contributed by atoms with Gasteiger partial charge >= 0.3 is 0 Å². The number of para-hydroxylation sites is 1. The highest BCUT2D eigenvalue weighted by molar-refractivity contribution is 6.30. The molecule has 7 heteroatoms. The van der Waals surface area contributed by atoms with Crippen LogP contribution in [0.3, 0.4) is 0 Å². The van der Waals surface area contributed by atoms with Gasteiger partial charge in [-0.05, 0) is 42.5 Å². The van der Waals surface area contributed by atoms with Gasteiger partial charge in [0.05, 0.1) is 23.6 Å². The normalized spacial score (nSPS) is 24.1. The second-order valence-electron chi connectivity index (χ2n) is 9.29. The molecule has 4 atom stereocenters. The number of nitrogens with zero attached hydrogens (tertiary/aromatic N) is 2. The predicted molar refractivity (Wildman–Crippen MR) is 139 cm³/mol. The molecule has 0 spiro atoms. The Hall–Kier alpha value is -4.29. The molecular weight excluding hydrogens is 488 g/mol. The molecule has 0 radical (unpaired) electrons. The van der Waals surface area contributed by atoms with E-state index in [1.165, 1.54) is 4.90 Å². The number of hydrogen-bond acceptors (Lipinski definition) is 5. The number of carbonyl (C=O) groups excluding carboxylic acids is 4. The second kappa shape index (κ2) is 8.98. The molecule has 0 aliphatic carbocycles. The van der Waals surface area contributed by atoms with Crippen molar-refractivity contribution in [1.82, 2.24) is 4.90 Å². The van der Waals surface area contributed by atoms with Crippen LogP contribution in [0.25, 0.3) is 0 Å². The molecule has 0 N–H and O–H groups in total. The Labute approximate surface area is 218 Å². The number of allylic oxidation sites excluding steroid dienone is 2. The maximum atomic E-state index is 13.8.